The molecule has 2 heterocycles. The van der Waals surface area contributed by atoms with Gasteiger partial charge in [0.15, 0.2) is 0 Å². The molecule has 0 bridgehead atoms. The molecular formula is C15H23BrN4O. The first-order valence-electron chi connectivity index (χ1n) is 7.36. The topological polar surface area (TPSA) is 48.5 Å². The van der Waals surface area contributed by atoms with E-state index in [1.807, 2.05) is 11.0 Å². The normalized spacial score (nSPS) is 16.3. The Morgan fingerprint density at radius 1 is 1.38 bits per heavy atom. The standard InChI is InChI=1S/C15H23BrN4O/c1-11(2)10-19-4-6-20(7-5-19)15(21)13-8-12(16)9-18-14(13)17-3/h8-9,11H,4-7,10H2,1-3H3,(H,17,18). The van der Waals surface area contributed by atoms with Crippen LogP contribution in [0.1, 0.15) is 24.2 Å². The van der Waals surface area contributed by atoms with Crippen molar-refractivity contribution in [3.63, 3.8) is 0 Å². The number of anilines is 1. The van der Waals surface area contributed by atoms with Crippen molar-refractivity contribution < 1.29 is 4.79 Å². The number of carbonyl (C=O) groups excluding carboxylic acids is 1. The smallest absolute Gasteiger partial charge is 0.257 e. The second kappa shape index (κ2) is 7.22. The van der Waals surface area contributed by atoms with Crippen LogP contribution in [0.15, 0.2) is 16.7 Å². The number of amides is 1. The van der Waals surface area contributed by atoms with Crippen LogP contribution in [0.3, 0.4) is 0 Å². The molecule has 1 aromatic heterocycles. The number of nitrogens with zero attached hydrogens (tertiary/aromatic N) is 3. The number of halogens is 1. The van der Waals surface area contributed by atoms with Crippen molar-refractivity contribution in [2.24, 2.45) is 5.92 Å². The number of hydrogen-bond acceptors (Lipinski definition) is 4. The van der Waals surface area contributed by atoms with Crippen molar-refractivity contribution in [3.05, 3.63) is 22.3 Å². The molecule has 6 heteroatoms. The number of pyridine rings is 1. The summed E-state index contributed by atoms with van der Waals surface area (Å²) >= 11 is 3.39. The highest BCUT2D eigenvalue weighted by molar-refractivity contribution is 9.10. The lowest BCUT2D eigenvalue weighted by molar-refractivity contribution is 0.0624. The minimum Gasteiger partial charge on any atom is -0.372 e. The fourth-order valence-electron chi connectivity index (χ4n) is 2.62. The molecule has 0 aliphatic carbocycles. The third-order valence-corrected chi connectivity index (χ3v) is 4.04. The quantitative estimate of drug-likeness (QED) is 0.901. The molecule has 1 saturated heterocycles. The van der Waals surface area contributed by atoms with E-state index >= 15 is 0 Å². The van der Waals surface area contributed by atoms with E-state index in [9.17, 15) is 4.79 Å². The zero-order valence-electron chi connectivity index (χ0n) is 12.9. The average molecular weight is 355 g/mol. The fraction of sp³-hybridized carbons (Fsp3) is 0.600. The molecule has 2 rings (SSSR count). The first-order valence-corrected chi connectivity index (χ1v) is 8.15. The lowest BCUT2D eigenvalue weighted by Crippen LogP contribution is -2.49. The predicted octanol–water partition coefficient (Wildman–Crippen LogP) is 2.30. The van der Waals surface area contributed by atoms with Gasteiger partial charge in [-0.05, 0) is 27.9 Å². The largest absolute Gasteiger partial charge is 0.372 e. The molecule has 1 aliphatic heterocycles. The van der Waals surface area contributed by atoms with Gasteiger partial charge >= 0.3 is 0 Å². The van der Waals surface area contributed by atoms with E-state index in [0.29, 0.717) is 17.3 Å². The molecular weight excluding hydrogens is 332 g/mol. The van der Waals surface area contributed by atoms with Crippen LogP contribution in [0.2, 0.25) is 0 Å². The van der Waals surface area contributed by atoms with Crippen LogP contribution in [0.4, 0.5) is 5.82 Å². The van der Waals surface area contributed by atoms with Crippen molar-refractivity contribution in [1.82, 2.24) is 14.8 Å². The summed E-state index contributed by atoms with van der Waals surface area (Å²) < 4.78 is 0.822. The Labute approximate surface area is 134 Å². The zero-order valence-corrected chi connectivity index (χ0v) is 14.5. The molecule has 0 aromatic carbocycles. The summed E-state index contributed by atoms with van der Waals surface area (Å²) in [5.41, 5.74) is 0.629. The Morgan fingerprint density at radius 2 is 2.05 bits per heavy atom. The molecule has 0 atom stereocenters. The van der Waals surface area contributed by atoms with Gasteiger partial charge in [0, 0.05) is 50.4 Å². The van der Waals surface area contributed by atoms with Crippen LogP contribution in [0.5, 0.6) is 0 Å². The van der Waals surface area contributed by atoms with Crippen molar-refractivity contribution >= 4 is 27.7 Å². The van der Waals surface area contributed by atoms with Crippen molar-refractivity contribution in [2.75, 3.05) is 45.1 Å². The van der Waals surface area contributed by atoms with E-state index in [1.165, 1.54) is 0 Å². The van der Waals surface area contributed by atoms with Crippen LogP contribution >= 0.6 is 15.9 Å². The number of hydrogen-bond donors (Lipinski definition) is 1. The maximum atomic E-state index is 12.7. The van der Waals surface area contributed by atoms with Crippen LogP contribution in [0, 0.1) is 5.92 Å². The maximum Gasteiger partial charge on any atom is 0.257 e. The Morgan fingerprint density at radius 3 is 2.62 bits per heavy atom. The third-order valence-electron chi connectivity index (χ3n) is 3.60. The highest BCUT2D eigenvalue weighted by Crippen LogP contribution is 2.20. The average Bonchev–Trinajstić information content (AvgIpc) is 2.46. The van der Waals surface area contributed by atoms with E-state index in [2.05, 4.69) is 45.0 Å². The molecule has 5 nitrogen and oxygen atoms in total. The molecule has 1 aromatic rings. The minimum atomic E-state index is 0.0531. The van der Waals surface area contributed by atoms with Crippen molar-refractivity contribution in [3.8, 4) is 0 Å². The maximum absolute atomic E-state index is 12.7. The molecule has 0 saturated carbocycles. The molecule has 21 heavy (non-hydrogen) atoms. The summed E-state index contributed by atoms with van der Waals surface area (Å²) in [7, 11) is 1.79. The first-order chi connectivity index (χ1) is 10.0. The second-order valence-corrected chi connectivity index (χ2v) is 6.70. The minimum absolute atomic E-state index is 0.0531. The van der Waals surface area contributed by atoms with E-state index in [4.69, 9.17) is 0 Å². The van der Waals surface area contributed by atoms with Gasteiger partial charge in [-0.1, -0.05) is 13.8 Å². The first kappa shape index (κ1) is 16.2. The third kappa shape index (κ3) is 4.17. The molecule has 1 amide bonds. The molecule has 0 spiro atoms. The van der Waals surface area contributed by atoms with E-state index < -0.39 is 0 Å². The monoisotopic (exact) mass is 354 g/mol. The molecule has 1 aliphatic rings. The van der Waals surface area contributed by atoms with E-state index in [0.717, 1.165) is 37.2 Å². The van der Waals surface area contributed by atoms with Crippen LogP contribution in [-0.2, 0) is 0 Å². The highest BCUT2D eigenvalue weighted by Gasteiger charge is 2.24. The number of piperazine rings is 1. The van der Waals surface area contributed by atoms with Crippen LogP contribution in [-0.4, -0.2) is 60.5 Å². The Balaban J connectivity index is 2.03. The summed E-state index contributed by atoms with van der Waals surface area (Å²) in [5, 5.41) is 2.99. The summed E-state index contributed by atoms with van der Waals surface area (Å²) in [6.07, 6.45) is 1.70. The van der Waals surface area contributed by atoms with Gasteiger partial charge in [0.25, 0.3) is 5.91 Å². The number of carbonyl (C=O) groups is 1. The van der Waals surface area contributed by atoms with Gasteiger partial charge in [0.05, 0.1) is 5.56 Å². The molecule has 0 unspecified atom stereocenters. The van der Waals surface area contributed by atoms with Gasteiger partial charge in [0.1, 0.15) is 5.82 Å². The van der Waals surface area contributed by atoms with Gasteiger partial charge in [-0.15, -0.1) is 0 Å². The number of nitrogens with one attached hydrogen (secondary N) is 1. The number of aromatic nitrogens is 1. The van der Waals surface area contributed by atoms with Gasteiger partial charge in [-0.2, -0.15) is 0 Å². The lowest BCUT2D eigenvalue weighted by Gasteiger charge is -2.35. The van der Waals surface area contributed by atoms with Gasteiger partial charge in [0.2, 0.25) is 0 Å². The number of rotatable bonds is 4. The summed E-state index contributed by atoms with van der Waals surface area (Å²) in [5.74, 6) is 1.35. The van der Waals surface area contributed by atoms with Gasteiger partial charge in [-0.25, -0.2) is 4.98 Å². The molecule has 0 radical (unpaired) electrons. The van der Waals surface area contributed by atoms with E-state index in [1.54, 1.807) is 13.2 Å². The molecule has 1 N–H and O–H groups in total. The lowest BCUT2D eigenvalue weighted by atomic mass is 10.1. The summed E-state index contributed by atoms with van der Waals surface area (Å²) in [4.78, 5) is 21.3. The van der Waals surface area contributed by atoms with Crippen LogP contribution in [0.25, 0.3) is 0 Å². The Bertz CT molecular complexity index is 498. The predicted molar refractivity (Wildman–Crippen MR) is 88.7 cm³/mol. The van der Waals surface area contributed by atoms with Crippen molar-refractivity contribution in [1.29, 1.82) is 0 Å². The van der Waals surface area contributed by atoms with Gasteiger partial charge < -0.3 is 10.2 Å². The fourth-order valence-corrected chi connectivity index (χ4v) is 2.95. The summed E-state index contributed by atoms with van der Waals surface area (Å²) in [6.45, 7) is 9.00. The Kier molecular flexibility index (Phi) is 5.58. The van der Waals surface area contributed by atoms with E-state index in [-0.39, 0.29) is 5.91 Å². The second-order valence-electron chi connectivity index (χ2n) is 5.79. The molecule has 1 fully saturated rings. The Hall–Kier alpha value is -1.14. The zero-order chi connectivity index (χ0) is 15.4. The van der Waals surface area contributed by atoms with Crippen LogP contribution < -0.4 is 5.32 Å². The highest BCUT2D eigenvalue weighted by atomic mass is 79.9. The SMILES string of the molecule is CNc1ncc(Br)cc1C(=O)N1CCN(CC(C)C)CC1. The van der Waals surface area contributed by atoms with Crippen molar-refractivity contribution in [2.45, 2.75) is 13.8 Å². The summed E-state index contributed by atoms with van der Waals surface area (Å²) in [6, 6.07) is 1.83. The molecule has 116 valence electrons. The van der Waals surface area contributed by atoms with Gasteiger partial charge in [-0.3, -0.25) is 9.69 Å².